The Hall–Kier alpha value is -3.49. The number of carboxylic acids is 1. The van der Waals surface area contributed by atoms with Gasteiger partial charge in [0.05, 0.1) is 5.52 Å². The second-order valence-corrected chi connectivity index (χ2v) is 6.53. The molecule has 1 N–H and O–H groups in total. The summed E-state index contributed by atoms with van der Waals surface area (Å²) < 4.78 is 49.0. The molecule has 158 valence electrons. The van der Waals surface area contributed by atoms with Gasteiger partial charge in [-0.1, -0.05) is 13.0 Å². The molecule has 1 unspecified atom stereocenters. The summed E-state index contributed by atoms with van der Waals surface area (Å²) in [5, 5.41) is 9.65. The number of hydrogen-bond acceptors (Lipinski definition) is 4. The fraction of sp³-hybridized carbons (Fsp3) is 0.238. The third kappa shape index (κ3) is 4.24. The Morgan fingerprint density at radius 3 is 2.53 bits per heavy atom. The Labute approximate surface area is 169 Å². The third-order valence-corrected chi connectivity index (χ3v) is 4.58. The molecule has 0 amide bonds. The Balaban J connectivity index is 2.14. The molecule has 0 aliphatic heterocycles. The first kappa shape index (κ1) is 21.2. The van der Waals surface area contributed by atoms with E-state index in [1.54, 1.807) is 42.7 Å². The molecule has 3 aromatic rings. The maximum Gasteiger partial charge on any atom is 0.573 e. The monoisotopic (exact) mass is 421 g/mol. The molecule has 3 rings (SSSR count). The lowest BCUT2D eigenvalue weighted by Gasteiger charge is -2.15. The minimum atomic E-state index is -4.85. The smallest absolute Gasteiger partial charge is 0.479 e. The molecule has 0 saturated heterocycles. The number of carbonyl (C=O) groups is 2. The van der Waals surface area contributed by atoms with E-state index < -0.39 is 24.2 Å². The van der Waals surface area contributed by atoms with E-state index in [2.05, 4.69) is 4.74 Å². The summed E-state index contributed by atoms with van der Waals surface area (Å²) in [4.78, 5) is 22.8. The number of aldehydes is 1. The fourth-order valence-electron chi connectivity index (χ4n) is 3.27. The Bertz CT molecular complexity index is 1100. The molecule has 0 saturated carbocycles. The van der Waals surface area contributed by atoms with Crippen LogP contribution in [-0.2, 0) is 4.79 Å². The van der Waals surface area contributed by atoms with Crippen LogP contribution in [0.3, 0.4) is 0 Å². The van der Waals surface area contributed by atoms with Crippen LogP contribution in [0.4, 0.5) is 13.2 Å². The average molecular weight is 421 g/mol. The largest absolute Gasteiger partial charge is 0.573 e. The average Bonchev–Trinajstić information content (AvgIpc) is 2.95. The fourth-order valence-corrected chi connectivity index (χ4v) is 3.27. The third-order valence-electron chi connectivity index (χ3n) is 4.58. The molecule has 1 aromatic heterocycles. The normalized spacial score (nSPS) is 12.6. The summed E-state index contributed by atoms with van der Waals surface area (Å²) in [6.45, 7) is 3.33. The van der Waals surface area contributed by atoms with E-state index in [0.29, 0.717) is 34.1 Å². The number of nitrogens with zero attached hydrogens (tertiary/aromatic N) is 1. The van der Waals surface area contributed by atoms with Gasteiger partial charge in [0.15, 0.2) is 12.4 Å². The predicted molar refractivity (Wildman–Crippen MR) is 102 cm³/mol. The van der Waals surface area contributed by atoms with E-state index in [4.69, 9.17) is 4.74 Å². The van der Waals surface area contributed by atoms with Gasteiger partial charge in [0.1, 0.15) is 11.5 Å². The molecule has 0 aliphatic rings. The summed E-state index contributed by atoms with van der Waals surface area (Å²) >= 11 is 0. The summed E-state index contributed by atoms with van der Waals surface area (Å²) in [7, 11) is 0. The zero-order valence-corrected chi connectivity index (χ0v) is 16.1. The van der Waals surface area contributed by atoms with Gasteiger partial charge < -0.3 is 19.1 Å². The molecule has 2 aromatic carbocycles. The summed E-state index contributed by atoms with van der Waals surface area (Å²) in [6.07, 6.45) is -5.01. The first-order valence-corrected chi connectivity index (χ1v) is 9.00. The molecule has 0 fully saturated rings. The van der Waals surface area contributed by atoms with E-state index in [0.717, 1.165) is 6.07 Å². The van der Waals surface area contributed by atoms with Crippen LogP contribution in [0.15, 0.2) is 42.5 Å². The number of aromatic nitrogens is 1. The van der Waals surface area contributed by atoms with Crippen molar-refractivity contribution in [3.05, 3.63) is 53.7 Å². The second-order valence-electron chi connectivity index (χ2n) is 6.53. The summed E-state index contributed by atoms with van der Waals surface area (Å²) in [5.41, 5.74) is 1.66. The molecule has 0 radical (unpaired) electrons. The van der Waals surface area contributed by atoms with Crippen LogP contribution >= 0.6 is 0 Å². The minimum absolute atomic E-state index is 0.248. The van der Waals surface area contributed by atoms with Crippen LogP contribution in [0, 0.1) is 6.92 Å². The van der Waals surface area contributed by atoms with Crippen molar-refractivity contribution in [1.29, 1.82) is 0 Å². The van der Waals surface area contributed by atoms with Gasteiger partial charge in [-0.15, -0.1) is 13.2 Å². The highest BCUT2D eigenvalue weighted by Crippen LogP contribution is 2.33. The summed E-state index contributed by atoms with van der Waals surface area (Å²) in [5.74, 6) is -1.25. The van der Waals surface area contributed by atoms with Gasteiger partial charge in [0.2, 0.25) is 0 Å². The molecule has 0 bridgehead atoms. The molecule has 9 heteroatoms. The molecule has 30 heavy (non-hydrogen) atoms. The quantitative estimate of drug-likeness (QED) is 0.550. The van der Waals surface area contributed by atoms with E-state index >= 15 is 0 Å². The Morgan fingerprint density at radius 2 is 1.93 bits per heavy atom. The maximum absolute atomic E-state index is 12.6. The van der Waals surface area contributed by atoms with Gasteiger partial charge in [0, 0.05) is 34.5 Å². The highest BCUT2D eigenvalue weighted by atomic mass is 19.4. The van der Waals surface area contributed by atoms with Crippen LogP contribution in [-0.4, -0.2) is 34.4 Å². The SMILES string of the molecule is CCC(Oc1cccc(-n2c(C)c(C=O)c3ccc(OC(F)(F)F)cc32)c1)C(=O)O. The zero-order chi connectivity index (χ0) is 22.1. The van der Waals surface area contributed by atoms with Gasteiger partial charge in [0.25, 0.3) is 0 Å². The lowest BCUT2D eigenvalue weighted by Crippen LogP contribution is -2.25. The van der Waals surface area contributed by atoms with Crippen molar-refractivity contribution in [1.82, 2.24) is 4.57 Å². The van der Waals surface area contributed by atoms with E-state index in [1.807, 2.05) is 0 Å². The molecule has 0 spiro atoms. The van der Waals surface area contributed by atoms with Crippen molar-refractivity contribution >= 4 is 23.2 Å². The molecule has 6 nitrogen and oxygen atoms in total. The van der Waals surface area contributed by atoms with Crippen LogP contribution in [0.2, 0.25) is 0 Å². The second kappa shape index (κ2) is 8.10. The lowest BCUT2D eigenvalue weighted by atomic mass is 10.1. The van der Waals surface area contributed by atoms with Gasteiger partial charge in [-0.2, -0.15) is 0 Å². The molecule has 1 heterocycles. The van der Waals surface area contributed by atoms with E-state index in [9.17, 15) is 27.9 Å². The van der Waals surface area contributed by atoms with Crippen molar-refractivity contribution in [2.45, 2.75) is 32.7 Å². The first-order valence-electron chi connectivity index (χ1n) is 9.00. The molecule has 1 atom stereocenters. The van der Waals surface area contributed by atoms with Crippen molar-refractivity contribution in [2.24, 2.45) is 0 Å². The van der Waals surface area contributed by atoms with Crippen molar-refractivity contribution < 1.29 is 37.3 Å². The van der Waals surface area contributed by atoms with Crippen molar-refractivity contribution in [3.63, 3.8) is 0 Å². The van der Waals surface area contributed by atoms with Crippen LogP contribution in [0.1, 0.15) is 29.4 Å². The minimum Gasteiger partial charge on any atom is -0.479 e. The van der Waals surface area contributed by atoms with E-state index in [-0.39, 0.29) is 12.2 Å². The van der Waals surface area contributed by atoms with Gasteiger partial charge in [-0.3, -0.25) is 4.79 Å². The molecular formula is C21H18F3NO5. The number of rotatable bonds is 7. The maximum atomic E-state index is 12.6. The number of aliphatic carboxylic acids is 1. The van der Waals surface area contributed by atoms with E-state index in [1.165, 1.54) is 12.1 Å². The zero-order valence-electron chi connectivity index (χ0n) is 16.1. The highest BCUT2D eigenvalue weighted by molar-refractivity contribution is 6.00. The standard InChI is InChI=1S/C21H18F3NO5/c1-3-19(20(27)28)29-14-6-4-5-13(9-14)25-12(2)17(11-26)16-8-7-15(10-18(16)25)30-21(22,23)24/h4-11,19H,3H2,1-2H3,(H,27,28). The lowest BCUT2D eigenvalue weighted by molar-refractivity contribution is -0.274. The Morgan fingerprint density at radius 1 is 1.20 bits per heavy atom. The van der Waals surface area contributed by atoms with Gasteiger partial charge in [-0.25, -0.2) is 4.79 Å². The predicted octanol–water partition coefficient (Wildman–Crippen LogP) is 4.89. The van der Waals surface area contributed by atoms with Crippen LogP contribution in [0.25, 0.3) is 16.6 Å². The first-order chi connectivity index (χ1) is 14.1. The number of fused-ring (bicyclic) bond motifs is 1. The number of carboxylic acid groups (broad SMARTS) is 1. The van der Waals surface area contributed by atoms with Crippen molar-refractivity contribution in [2.75, 3.05) is 0 Å². The summed E-state index contributed by atoms with van der Waals surface area (Å²) in [6, 6.07) is 10.2. The molecule has 0 aliphatic carbocycles. The number of benzene rings is 2. The number of hydrogen-bond donors (Lipinski definition) is 1. The van der Waals surface area contributed by atoms with Crippen molar-refractivity contribution in [3.8, 4) is 17.2 Å². The topological polar surface area (TPSA) is 77.8 Å². The number of halogens is 3. The Kier molecular flexibility index (Phi) is 5.73. The van der Waals surface area contributed by atoms with Crippen LogP contribution in [0.5, 0.6) is 11.5 Å². The number of carbonyl (C=O) groups excluding carboxylic acids is 1. The number of ether oxygens (including phenoxy) is 2. The van der Waals surface area contributed by atoms with Gasteiger partial charge >= 0.3 is 12.3 Å². The molecular weight excluding hydrogens is 403 g/mol. The highest BCUT2D eigenvalue weighted by Gasteiger charge is 2.31. The van der Waals surface area contributed by atoms with Crippen LogP contribution < -0.4 is 9.47 Å². The van der Waals surface area contributed by atoms with Gasteiger partial charge in [-0.05, 0) is 37.6 Å². The number of alkyl halides is 3.